The van der Waals surface area contributed by atoms with E-state index in [9.17, 15) is 4.39 Å². The number of hydrogen-bond donors (Lipinski definition) is 1. The predicted molar refractivity (Wildman–Crippen MR) is 58.5 cm³/mol. The van der Waals surface area contributed by atoms with E-state index in [1.54, 1.807) is 12.1 Å². The lowest BCUT2D eigenvalue weighted by Gasteiger charge is -1.97. The Morgan fingerprint density at radius 3 is 3.00 bits per heavy atom. The van der Waals surface area contributed by atoms with E-state index < -0.39 is 5.82 Å². The number of nitrogens with two attached hydrogens (primary N) is 1. The molecule has 0 fully saturated rings. The molecule has 0 saturated heterocycles. The summed E-state index contributed by atoms with van der Waals surface area (Å²) in [6.07, 6.45) is 4.21. The first-order valence-electron chi connectivity index (χ1n) is 4.46. The molecule has 2 N–H and O–H groups in total. The fourth-order valence-electron chi connectivity index (χ4n) is 1.04. The second kappa shape index (κ2) is 5.67. The minimum atomic E-state index is -0.424. The van der Waals surface area contributed by atoms with E-state index in [0.29, 0.717) is 13.0 Å². The normalized spacial score (nSPS) is 10.2. The number of nitrogen functional groups attached to an aromatic ring is 1. The first-order valence-corrected chi connectivity index (χ1v) is 4.46. The molecule has 5 heteroatoms. The van der Waals surface area contributed by atoms with Gasteiger partial charge in [0.2, 0.25) is 0 Å². The van der Waals surface area contributed by atoms with Gasteiger partial charge in [0, 0.05) is 11.5 Å². The van der Waals surface area contributed by atoms with Crippen LogP contribution in [0.5, 0.6) is 0 Å². The quantitative estimate of drug-likeness (QED) is 0.265. The monoisotopic (exact) mass is 206 g/mol. The van der Waals surface area contributed by atoms with Crippen molar-refractivity contribution >= 4 is 11.8 Å². The lowest BCUT2D eigenvalue weighted by Crippen LogP contribution is -1.89. The fourth-order valence-corrected chi connectivity index (χ4v) is 1.04. The summed E-state index contributed by atoms with van der Waals surface area (Å²) < 4.78 is 13.0. The molecule has 0 aliphatic carbocycles. The van der Waals surface area contributed by atoms with Crippen LogP contribution in [0.2, 0.25) is 0 Å². The molecule has 0 bridgehead atoms. The van der Waals surface area contributed by atoms with E-state index in [-0.39, 0.29) is 5.69 Å². The fraction of sp³-hybridized carbons (Fsp3) is 0.200. The van der Waals surface area contributed by atoms with E-state index in [1.165, 1.54) is 12.1 Å². The van der Waals surface area contributed by atoms with Gasteiger partial charge < -0.3 is 5.73 Å². The first kappa shape index (κ1) is 11.1. The van der Waals surface area contributed by atoms with Gasteiger partial charge in [-0.05, 0) is 29.6 Å². The van der Waals surface area contributed by atoms with Crippen LogP contribution in [0.1, 0.15) is 12.0 Å². The van der Waals surface area contributed by atoms with Crippen molar-refractivity contribution in [1.82, 2.24) is 0 Å². The zero-order valence-corrected chi connectivity index (χ0v) is 8.10. The highest BCUT2D eigenvalue weighted by molar-refractivity contribution is 5.54. The Bertz CT molecular complexity index is 408. The van der Waals surface area contributed by atoms with Crippen LogP contribution in [-0.2, 0) is 0 Å². The van der Waals surface area contributed by atoms with Gasteiger partial charge in [0.25, 0.3) is 0 Å². The maximum Gasteiger partial charge on any atom is 0.146 e. The van der Waals surface area contributed by atoms with Gasteiger partial charge in [-0.3, -0.25) is 0 Å². The van der Waals surface area contributed by atoms with Crippen molar-refractivity contribution in [1.29, 1.82) is 0 Å². The summed E-state index contributed by atoms with van der Waals surface area (Å²) in [5.41, 5.74) is 14.2. The van der Waals surface area contributed by atoms with Crippen molar-refractivity contribution in [3.8, 4) is 0 Å². The highest BCUT2D eigenvalue weighted by atomic mass is 19.1. The maximum absolute atomic E-state index is 13.0. The molecule has 78 valence electrons. The molecule has 0 spiro atoms. The Morgan fingerprint density at radius 2 is 2.33 bits per heavy atom. The molecule has 15 heavy (non-hydrogen) atoms. The maximum atomic E-state index is 13.0. The van der Waals surface area contributed by atoms with Crippen molar-refractivity contribution < 1.29 is 4.39 Å². The van der Waals surface area contributed by atoms with Crippen LogP contribution in [0, 0.1) is 5.82 Å². The number of halogens is 1. The molecular weight excluding hydrogens is 195 g/mol. The molecule has 0 aromatic heterocycles. The minimum absolute atomic E-state index is 0.140. The molecule has 0 radical (unpaired) electrons. The number of anilines is 1. The molecule has 0 atom stereocenters. The van der Waals surface area contributed by atoms with E-state index in [0.717, 1.165) is 5.56 Å². The average molecular weight is 206 g/mol. The molecule has 4 nitrogen and oxygen atoms in total. The summed E-state index contributed by atoms with van der Waals surface area (Å²) in [4.78, 5) is 2.62. The van der Waals surface area contributed by atoms with Gasteiger partial charge in [-0.1, -0.05) is 23.3 Å². The Morgan fingerprint density at radius 1 is 1.53 bits per heavy atom. The molecule has 0 aliphatic rings. The second-order valence-corrected chi connectivity index (χ2v) is 2.93. The van der Waals surface area contributed by atoms with Gasteiger partial charge in [-0.25, -0.2) is 4.39 Å². The number of nitrogens with zero attached hydrogens (tertiary/aromatic N) is 3. The zero-order chi connectivity index (χ0) is 11.1. The largest absolute Gasteiger partial charge is 0.396 e. The molecule has 0 saturated carbocycles. The lowest BCUT2D eigenvalue weighted by atomic mass is 10.2. The van der Waals surface area contributed by atoms with Crippen LogP contribution in [0.4, 0.5) is 10.1 Å². The van der Waals surface area contributed by atoms with Crippen LogP contribution >= 0.6 is 0 Å². The van der Waals surface area contributed by atoms with Crippen LogP contribution in [-0.4, -0.2) is 6.54 Å². The topological polar surface area (TPSA) is 74.8 Å². The Hall–Kier alpha value is -2.00. The zero-order valence-electron chi connectivity index (χ0n) is 8.10. The van der Waals surface area contributed by atoms with E-state index >= 15 is 0 Å². The highest BCUT2D eigenvalue weighted by Crippen LogP contribution is 2.13. The molecular formula is C10H11FN4. The van der Waals surface area contributed by atoms with Gasteiger partial charge in [0.1, 0.15) is 5.82 Å². The highest BCUT2D eigenvalue weighted by Gasteiger charge is 1.96. The minimum Gasteiger partial charge on any atom is -0.396 e. The summed E-state index contributed by atoms with van der Waals surface area (Å²) in [5.74, 6) is -0.424. The summed E-state index contributed by atoms with van der Waals surface area (Å²) in [6.45, 7) is 0.407. The van der Waals surface area contributed by atoms with Gasteiger partial charge in [-0.15, -0.1) is 0 Å². The van der Waals surface area contributed by atoms with Crippen LogP contribution in [0.15, 0.2) is 29.4 Å². The van der Waals surface area contributed by atoms with Gasteiger partial charge in [-0.2, -0.15) is 0 Å². The van der Waals surface area contributed by atoms with Crippen LogP contribution in [0.25, 0.3) is 16.5 Å². The Labute approximate surface area is 86.8 Å². The third-order valence-electron chi connectivity index (χ3n) is 1.79. The summed E-state index contributed by atoms with van der Waals surface area (Å²) >= 11 is 0. The standard InChI is InChI=1S/C10H11FN4/c11-9-7-8(4-5-10(9)12)3-1-2-6-14-15-13/h1,3-5,7H,2,6,12H2. The van der Waals surface area contributed by atoms with E-state index in [1.807, 2.05) is 6.08 Å². The molecule has 0 unspecified atom stereocenters. The average Bonchev–Trinajstić information content (AvgIpc) is 2.23. The molecule has 0 aliphatic heterocycles. The molecule has 0 amide bonds. The molecule has 0 heterocycles. The summed E-state index contributed by atoms with van der Waals surface area (Å²) in [7, 11) is 0. The summed E-state index contributed by atoms with van der Waals surface area (Å²) in [6, 6.07) is 4.60. The number of rotatable bonds is 4. The number of benzene rings is 1. The van der Waals surface area contributed by atoms with Gasteiger partial charge in [0.15, 0.2) is 0 Å². The molecule has 1 rings (SSSR count). The van der Waals surface area contributed by atoms with Crippen molar-refractivity contribution in [2.45, 2.75) is 6.42 Å². The van der Waals surface area contributed by atoms with Crippen molar-refractivity contribution in [2.24, 2.45) is 5.11 Å². The molecule has 1 aromatic carbocycles. The van der Waals surface area contributed by atoms with Crippen molar-refractivity contribution in [3.05, 3.63) is 46.1 Å². The number of azide groups is 1. The smallest absolute Gasteiger partial charge is 0.146 e. The summed E-state index contributed by atoms with van der Waals surface area (Å²) in [5, 5.41) is 3.37. The second-order valence-electron chi connectivity index (χ2n) is 2.93. The van der Waals surface area contributed by atoms with Crippen LogP contribution in [0.3, 0.4) is 0 Å². The Kier molecular flexibility index (Phi) is 4.19. The van der Waals surface area contributed by atoms with Crippen LogP contribution < -0.4 is 5.73 Å². The number of hydrogen-bond acceptors (Lipinski definition) is 2. The lowest BCUT2D eigenvalue weighted by molar-refractivity contribution is 0.632. The van der Waals surface area contributed by atoms with Crippen molar-refractivity contribution in [3.63, 3.8) is 0 Å². The third kappa shape index (κ3) is 3.70. The predicted octanol–water partition coefficient (Wildman–Crippen LogP) is 3.12. The third-order valence-corrected chi connectivity index (χ3v) is 1.79. The van der Waals surface area contributed by atoms with Gasteiger partial charge >= 0.3 is 0 Å². The van der Waals surface area contributed by atoms with E-state index in [2.05, 4.69) is 10.0 Å². The Balaban J connectivity index is 2.56. The SMILES string of the molecule is [N-]=[N+]=NCCC=Cc1ccc(N)c(F)c1. The first-order chi connectivity index (χ1) is 7.24. The van der Waals surface area contributed by atoms with E-state index in [4.69, 9.17) is 11.3 Å². The molecule has 1 aromatic rings. The van der Waals surface area contributed by atoms with Crippen molar-refractivity contribution in [2.75, 3.05) is 12.3 Å². The van der Waals surface area contributed by atoms with Gasteiger partial charge in [0.05, 0.1) is 5.69 Å².